The fourth-order valence-corrected chi connectivity index (χ4v) is 3.59. The summed E-state index contributed by atoms with van der Waals surface area (Å²) in [6, 6.07) is 0. The summed E-state index contributed by atoms with van der Waals surface area (Å²) in [6.07, 6.45) is 10.7. The molecule has 0 aromatic carbocycles. The van der Waals surface area contributed by atoms with Gasteiger partial charge in [-0.1, -0.05) is 33.1 Å². The Labute approximate surface area is 83.1 Å². The van der Waals surface area contributed by atoms with Gasteiger partial charge in [0.1, 0.15) is 0 Å². The molecule has 0 amide bonds. The number of rotatable bonds is 2. The predicted molar refractivity (Wildman–Crippen MR) is 57.6 cm³/mol. The molecule has 0 nitrogen and oxygen atoms in total. The molecule has 0 bridgehead atoms. The van der Waals surface area contributed by atoms with Gasteiger partial charge in [-0.3, -0.25) is 0 Å². The van der Waals surface area contributed by atoms with E-state index in [-0.39, 0.29) is 0 Å². The summed E-state index contributed by atoms with van der Waals surface area (Å²) in [5, 5.41) is 0. The first-order valence-electron chi connectivity index (χ1n) is 6.29. The van der Waals surface area contributed by atoms with E-state index in [4.69, 9.17) is 0 Å². The Morgan fingerprint density at radius 2 is 1.62 bits per heavy atom. The first-order valence-corrected chi connectivity index (χ1v) is 6.29. The lowest BCUT2D eigenvalue weighted by Gasteiger charge is -2.18. The van der Waals surface area contributed by atoms with Crippen LogP contribution in [-0.2, 0) is 0 Å². The van der Waals surface area contributed by atoms with E-state index < -0.39 is 0 Å². The van der Waals surface area contributed by atoms with Crippen LogP contribution >= 0.6 is 0 Å². The molecule has 0 N–H and O–H groups in total. The minimum atomic E-state index is 1.03. The van der Waals surface area contributed by atoms with E-state index >= 15 is 0 Å². The second-order valence-corrected chi connectivity index (χ2v) is 5.53. The van der Waals surface area contributed by atoms with Gasteiger partial charge in [0.15, 0.2) is 0 Å². The Balaban J connectivity index is 1.82. The lowest BCUT2D eigenvalue weighted by atomic mass is 9.88. The monoisotopic (exact) mass is 180 g/mol. The highest BCUT2D eigenvalue weighted by Crippen LogP contribution is 2.45. The molecule has 0 heterocycles. The summed E-state index contributed by atoms with van der Waals surface area (Å²) in [5.41, 5.74) is 0. The highest BCUT2D eigenvalue weighted by molar-refractivity contribution is 4.84. The molecule has 4 unspecified atom stereocenters. The molecule has 0 spiro atoms. The molecule has 0 heteroatoms. The fraction of sp³-hybridized carbons (Fsp3) is 1.00. The van der Waals surface area contributed by atoms with E-state index in [0.29, 0.717) is 0 Å². The number of hydrogen-bond donors (Lipinski definition) is 0. The molecule has 2 saturated carbocycles. The van der Waals surface area contributed by atoms with Gasteiger partial charge in [-0.15, -0.1) is 0 Å². The van der Waals surface area contributed by atoms with Crippen molar-refractivity contribution in [1.29, 1.82) is 0 Å². The van der Waals surface area contributed by atoms with Crippen LogP contribution in [0.25, 0.3) is 0 Å². The lowest BCUT2D eigenvalue weighted by Crippen LogP contribution is -2.08. The van der Waals surface area contributed by atoms with Gasteiger partial charge in [-0.25, -0.2) is 0 Å². The molecule has 2 fully saturated rings. The maximum atomic E-state index is 2.44. The topological polar surface area (TPSA) is 0 Å². The molecule has 0 radical (unpaired) electrons. The molecule has 13 heavy (non-hydrogen) atoms. The first-order chi connectivity index (χ1) is 6.29. The predicted octanol–water partition coefficient (Wildman–Crippen LogP) is 4.25. The first kappa shape index (κ1) is 9.55. The van der Waals surface area contributed by atoms with E-state index in [1.165, 1.54) is 19.3 Å². The molecule has 2 rings (SSSR count). The molecule has 76 valence electrons. The zero-order chi connectivity index (χ0) is 9.26. The minimum Gasteiger partial charge on any atom is -0.0651 e. The smallest absolute Gasteiger partial charge is 0.0383 e. The number of hydrogen-bond acceptors (Lipinski definition) is 0. The van der Waals surface area contributed by atoms with Crippen molar-refractivity contribution in [3.63, 3.8) is 0 Å². The van der Waals surface area contributed by atoms with Gasteiger partial charge in [-0.2, -0.15) is 0 Å². The van der Waals surface area contributed by atoms with Crippen LogP contribution in [0.3, 0.4) is 0 Å². The van der Waals surface area contributed by atoms with Crippen LogP contribution in [0.4, 0.5) is 0 Å². The third-order valence-electron chi connectivity index (χ3n) is 4.56. The molecule has 4 atom stereocenters. The van der Waals surface area contributed by atoms with Crippen LogP contribution in [0.5, 0.6) is 0 Å². The Bertz CT molecular complexity index is 161. The molecular formula is C13H24. The highest BCUT2D eigenvalue weighted by Gasteiger charge is 2.33. The van der Waals surface area contributed by atoms with Crippen molar-refractivity contribution in [2.24, 2.45) is 23.7 Å². The second kappa shape index (κ2) is 4.02. The van der Waals surface area contributed by atoms with E-state index in [1.807, 2.05) is 0 Å². The molecule has 0 saturated heterocycles. The SMILES string of the molecule is CCC1CCC(C2CCC(C)C2)C1. The maximum Gasteiger partial charge on any atom is -0.0383 e. The van der Waals surface area contributed by atoms with Crippen LogP contribution in [0.2, 0.25) is 0 Å². The van der Waals surface area contributed by atoms with Gasteiger partial charge in [-0.05, 0) is 49.4 Å². The van der Waals surface area contributed by atoms with Crippen molar-refractivity contribution in [2.45, 2.75) is 58.8 Å². The lowest BCUT2D eigenvalue weighted by molar-refractivity contribution is 0.325. The third kappa shape index (κ3) is 2.08. The largest absolute Gasteiger partial charge is 0.0651 e. The summed E-state index contributed by atoms with van der Waals surface area (Å²) < 4.78 is 0. The van der Waals surface area contributed by atoms with Crippen molar-refractivity contribution in [1.82, 2.24) is 0 Å². The zero-order valence-electron chi connectivity index (χ0n) is 9.26. The zero-order valence-corrected chi connectivity index (χ0v) is 9.26. The van der Waals surface area contributed by atoms with E-state index in [2.05, 4.69) is 13.8 Å². The molecule has 2 aliphatic carbocycles. The Kier molecular flexibility index (Phi) is 2.96. The molecule has 0 aromatic rings. The normalized spacial score (nSPS) is 45.7. The van der Waals surface area contributed by atoms with Crippen molar-refractivity contribution in [2.75, 3.05) is 0 Å². The summed E-state index contributed by atoms with van der Waals surface area (Å²) in [6.45, 7) is 4.80. The van der Waals surface area contributed by atoms with Gasteiger partial charge < -0.3 is 0 Å². The van der Waals surface area contributed by atoms with Crippen molar-refractivity contribution >= 4 is 0 Å². The Morgan fingerprint density at radius 3 is 2.15 bits per heavy atom. The molecular weight excluding hydrogens is 156 g/mol. The summed E-state index contributed by atoms with van der Waals surface area (Å²) in [7, 11) is 0. The quantitative estimate of drug-likeness (QED) is 0.596. The van der Waals surface area contributed by atoms with Crippen molar-refractivity contribution in [3.05, 3.63) is 0 Å². The summed E-state index contributed by atoms with van der Waals surface area (Å²) >= 11 is 0. The second-order valence-electron chi connectivity index (χ2n) is 5.53. The highest BCUT2D eigenvalue weighted by atomic mass is 14.4. The van der Waals surface area contributed by atoms with E-state index in [0.717, 1.165) is 23.7 Å². The van der Waals surface area contributed by atoms with Gasteiger partial charge in [0, 0.05) is 0 Å². The van der Waals surface area contributed by atoms with Crippen LogP contribution < -0.4 is 0 Å². The van der Waals surface area contributed by atoms with Crippen LogP contribution in [0.1, 0.15) is 58.8 Å². The van der Waals surface area contributed by atoms with Gasteiger partial charge in [0.25, 0.3) is 0 Å². The van der Waals surface area contributed by atoms with Crippen LogP contribution in [0, 0.1) is 23.7 Å². The van der Waals surface area contributed by atoms with Crippen LogP contribution in [0.15, 0.2) is 0 Å². The molecule has 0 aliphatic heterocycles. The van der Waals surface area contributed by atoms with Gasteiger partial charge in [0.2, 0.25) is 0 Å². The fourth-order valence-electron chi connectivity index (χ4n) is 3.59. The average Bonchev–Trinajstić information content (AvgIpc) is 2.71. The van der Waals surface area contributed by atoms with Gasteiger partial charge >= 0.3 is 0 Å². The van der Waals surface area contributed by atoms with Crippen molar-refractivity contribution in [3.8, 4) is 0 Å². The average molecular weight is 180 g/mol. The van der Waals surface area contributed by atoms with Crippen LogP contribution in [-0.4, -0.2) is 0 Å². The third-order valence-corrected chi connectivity index (χ3v) is 4.56. The van der Waals surface area contributed by atoms with E-state index in [1.54, 1.807) is 25.7 Å². The van der Waals surface area contributed by atoms with Crippen molar-refractivity contribution < 1.29 is 0 Å². The Hall–Kier alpha value is 0. The maximum absolute atomic E-state index is 2.44. The Morgan fingerprint density at radius 1 is 0.923 bits per heavy atom. The molecule has 2 aliphatic rings. The van der Waals surface area contributed by atoms with E-state index in [9.17, 15) is 0 Å². The summed E-state index contributed by atoms with van der Waals surface area (Å²) in [4.78, 5) is 0. The molecule has 0 aromatic heterocycles. The minimum absolute atomic E-state index is 1.03. The standard InChI is InChI=1S/C13H24/c1-3-11-5-7-13(9-11)12-6-4-10(2)8-12/h10-13H,3-9H2,1-2H3. The van der Waals surface area contributed by atoms with Gasteiger partial charge in [0.05, 0.1) is 0 Å². The summed E-state index contributed by atoms with van der Waals surface area (Å²) in [5.74, 6) is 4.35.